The molecule has 2 fully saturated rings. The number of aliphatic imine (C=N–C) groups is 1. The minimum absolute atomic E-state index is 0.0693. The molecule has 2 N–H and O–H groups in total. The highest BCUT2D eigenvalue weighted by molar-refractivity contribution is 5.80. The average molecular weight is 420 g/mol. The number of likely N-dealkylation sites (tertiary alicyclic amines) is 1. The van der Waals surface area contributed by atoms with E-state index in [0.717, 1.165) is 75.3 Å². The van der Waals surface area contributed by atoms with Gasteiger partial charge in [-0.2, -0.15) is 0 Å². The second-order valence-corrected chi connectivity index (χ2v) is 9.75. The predicted octanol–water partition coefficient (Wildman–Crippen LogP) is 3.26. The van der Waals surface area contributed by atoms with Crippen LogP contribution in [0.2, 0.25) is 0 Å². The summed E-state index contributed by atoms with van der Waals surface area (Å²) in [6.07, 6.45) is 3.33. The molecule has 7 heteroatoms. The summed E-state index contributed by atoms with van der Waals surface area (Å²) in [5.74, 6) is 3.33. The smallest absolute Gasteiger partial charge is 0.208 e. The fraction of sp³-hybridized carbons (Fsp3) is 0.826. The van der Waals surface area contributed by atoms with Gasteiger partial charge in [0, 0.05) is 31.7 Å². The highest BCUT2D eigenvalue weighted by atomic mass is 16.5. The zero-order valence-electron chi connectivity index (χ0n) is 20.0. The Morgan fingerprint density at radius 2 is 1.97 bits per heavy atom. The summed E-state index contributed by atoms with van der Waals surface area (Å²) in [6.45, 7) is 17.5. The Kier molecular flexibility index (Phi) is 7.13. The summed E-state index contributed by atoms with van der Waals surface area (Å²) in [5, 5.41) is 7.07. The van der Waals surface area contributed by atoms with Gasteiger partial charge in [0.1, 0.15) is 5.76 Å². The summed E-state index contributed by atoms with van der Waals surface area (Å²) >= 11 is 0. The van der Waals surface area contributed by atoms with Crippen molar-refractivity contribution < 1.29 is 9.15 Å². The van der Waals surface area contributed by atoms with Crippen molar-refractivity contribution >= 4 is 5.96 Å². The van der Waals surface area contributed by atoms with E-state index in [0.29, 0.717) is 12.0 Å². The van der Waals surface area contributed by atoms with Crippen LogP contribution in [0.5, 0.6) is 0 Å². The maximum Gasteiger partial charge on any atom is 0.208 e. The van der Waals surface area contributed by atoms with Gasteiger partial charge in [0.2, 0.25) is 5.89 Å². The molecule has 0 spiro atoms. The zero-order valence-corrected chi connectivity index (χ0v) is 20.0. The molecular weight excluding hydrogens is 378 g/mol. The fourth-order valence-electron chi connectivity index (χ4n) is 4.55. The van der Waals surface area contributed by atoms with Crippen LogP contribution in [0.25, 0.3) is 0 Å². The van der Waals surface area contributed by atoms with Gasteiger partial charge in [-0.3, -0.25) is 9.89 Å². The first-order valence-electron chi connectivity index (χ1n) is 11.4. The van der Waals surface area contributed by atoms with Crippen molar-refractivity contribution in [1.29, 1.82) is 0 Å². The molecule has 2 atom stereocenters. The minimum atomic E-state index is -0.0747. The highest BCUT2D eigenvalue weighted by Crippen LogP contribution is 2.51. The van der Waals surface area contributed by atoms with E-state index < -0.39 is 0 Å². The number of guanidine groups is 1. The summed E-state index contributed by atoms with van der Waals surface area (Å²) in [7, 11) is 1.81. The summed E-state index contributed by atoms with van der Waals surface area (Å²) in [6, 6.07) is 0.370. The van der Waals surface area contributed by atoms with Crippen molar-refractivity contribution in [2.75, 3.05) is 33.3 Å². The molecule has 2 heterocycles. The van der Waals surface area contributed by atoms with Crippen LogP contribution in [-0.4, -0.2) is 60.8 Å². The van der Waals surface area contributed by atoms with Crippen molar-refractivity contribution in [3.05, 3.63) is 17.3 Å². The van der Waals surface area contributed by atoms with Crippen LogP contribution >= 0.6 is 0 Å². The van der Waals surface area contributed by atoms with Gasteiger partial charge in [-0.05, 0) is 66.0 Å². The summed E-state index contributed by atoms with van der Waals surface area (Å²) in [4.78, 5) is 11.9. The summed E-state index contributed by atoms with van der Waals surface area (Å²) in [5.41, 5.74) is 0.993. The topological polar surface area (TPSA) is 74.9 Å². The van der Waals surface area contributed by atoms with Crippen molar-refractivity contribution in [2.24, 2.45) is 16.3 Å². The molecule has 1 saturated heterocycles. The third kappa shape index (κ3) is 4.83. The van der Waals surface area contributed by atoms with Gasteiger partial charge in [0.25, 0.3) is 0 Å². The van der Waals surface area contributed by atoms with E-state index in [1.54, 1.807) is 0 Å². The molecule has 0 amide bonds. The first-order valence-corrected chi connectivity index (χ1v) is 11.4. The number of aryl methyl sites for hydroxylation is 2. The molecule has 170 valence electrons. The second-order valence-electron chi connectivity index (χ2n) is 9.75. The monoisotopic (exact) mass is 419 g/mol. The van der Waals surface area contributed by atoms with E-state index in [1.807, 2.05) is 21.0 Å². The number of nitrogens with zero attached hydrogens (tertiary/aromatic N) is 3. The maximum atomic E-state index is 5.76. The molecule has 1 aliphatic carbocycles. The normalized spacial score (nSPS) is 27.7. The van der Waals surface area contributed by atoms with Crippen LogP contribution in [0.1, 0.15) is 64.3 Å². The molecule has 30 heavy (non-hydrogen) atoms. The molecular formula is C23H41N5O2. The Balaban J connectivity index is 1.48. The fourth-order valence-corrected chi connectivity index (χ4v) is 4.55. The standard InChI is InChI=1S/C23H41N5O2/c1-8-24-21(27-19-13-23(6,29-7)22(19,4)5)25-14-18-9-11-28(12-10-18)15-20-26-16(2)17(3)30-20/h18-19H,8-15H2,1-7H3,(H2,24,25,27). The maximum absolute atomic E-state index is 5.76. The predicted molar refractivity (Wildman–Crippen MR) is 121 cm³/mol. The quantitative estimate of drug-likeness (QED) is 0.522. The molecule has 1 saturated carbocycles. The van der Waals surface area contributed by atoms with E-state index in [-0.39, 0.29) is 11.0 Å². The minimum Gasteiger partial charge on any atom is -0.444 e. The first-order chi connectivity index (χ1) is 14.2. The van der Waals surface area contributed by atoms with Gasteiger partial charge in [0.05, 0.1) is 17.8 Å². The number of piperidine rings is 1. The molecule has 2 aliphatic rings. The number of oxazole rings is 1. The van der Waals surface area contributed by atoms with Crippen molar-refractivity contribution in [3.63, 3.8) is 0 Å². The Labute approximate surface area is 182 Å². The Morgan fingerprint density at radius 3 is 2.50 bits per heavy atom. The van der Waals surface area contributed by atoms with Crippen molar-refractivity contribution in [3.8, 4) is 0 Å². The molecule has 1 aliphatic heterocycles. The third-order valence-electron chi connectivity index (χ3n) is 7.58. The van der Waals surface area contributed by atoms with Gasteiger partial charge < -0.3 is 19.8 Å². The van der Waals surface area contributed by atoms with Crippen LogP contribution in [-0.2, 0) is 11.3 Å². The lowest BCUT2D eigenvalue weighted by Gasteiger charge is -2.59. The van der Waals surface area contributed by atoms with E-state index >= 15 is 0 Å². The Bertz CT molecular complexity index is 716. The van der Waals surface area contributed by atoms with Gasteiger partial charge in [-0.25, -0.2) is 4.98 Å². The molecule has 0 bridgehead atoms. The van der Waals surface area contributed by atoms with E-state index in [1.165, 1.54) is 0 Å². The van der Waals surface area contributed by atoms with Gasteiger partial charge in [-0.1, -0.05) is 13.8 Å². The molecule has 1 aromatic rings. The largest absolute Gasteiger partial charge is 0.444 e. The van der Waals surface area contributed by atoms with Crippen LogP contribution in [0.15, 0.2) is 9.41 Å². The molecule has 0 aromatic carbocycles. The number of hydrogen-bond donors (Lipinski definition) is 2. The van der Waals surface area contributed by atoms with Crippen LogP contribution in [0.3, 0.4) is 0 Å². The lowest BCUT2D eigenvalue weighted by atomic mass is 9.56. The van der Waals surface area contributed by atoms with Crippen LogP contribution < -0.4 is 10.6 Å². The number of ether oxygens (including phenoxy) is 1. The van der Waals surface area contributed by atoms with Gasteiger partial charge >= 0.3 is 0 Å². The number of aromatic nitrogens is 1. The molecule has 3 rings (SSSR count). The third-order valence-corrected chi connectivity index (χ3v) is 7.58. The van der Waals surface area contributed by atoms with E-state index in [9.17, 15) is 0 Å². The van der Waals surface area contributed by atoms with E-state index in [2.05, 4.69) is 48.2 Å². The van der Waals surface area contributed by atoms with Crippen LogP contribution in [0, 0.1) is 25.2 Å². The van der Waals surface area contributed by atoms with Crippen LogP contribution in [0.4, 0.5) is 0 Å². The number of methoxy groups -OCH3 is 1. The van der Waals surface area contributed by atoms with Crippen molar-refractivity contribution in [2.45, 2.75) is 79.0 Å². The number of nitrogens with one attached hydrogen (secondary N) is 2. The Hall–Kier alpha value is -1.60. The lowest BCUT2D eigenvalue weighted by Crippen LogP contribution is -2.69. The average Bonchev–Trinajstić information content (AvgIpc) is 3.03. The zero-order chi connectivity index (χ0) is 21.9. The van der Waals surface area contributed by atoms with Gasteiger partial charge in [0.15, 0.2) is 5.96 Å². The molecule has 7 nitrogen and oxygen atoms in total. The lowest BCUT2D eigenvalue weighted by molar-refractivity contribution is -0.176. The number of hydrogen-bond acceptors (Lipinski definition) is 5. The Morgan fingerprint density at radius 1 is 1.27 bits per heavy atom. The second kappa shape index (κ2) is 9.27. The first kappa shape index (κ1) is 23.1. The highest BCUT2D eigenvalue weighted by Gasteiger charge is 2.58. The molecule has 2 unspecified atom stereocenters. The summed E-state index contributed by atoms with van der Waals surface area (Å²) < 4.78 is 11.5. The number of rotatable bonds is 7. The SMILES string of the molecule is CCNC(=NCC1CCN(Cc2nc(C)c(C)o2)CC1)NC1CC(C)(OC)C1(C)C. The van der Waals surface area contributed by atoms with Crippen molar-refractivity contribution in [1.82, 2.24) is 20.5 Å². The molecule has 0 radical (unpaired) electrons. The van der Waals surface area contributed by atoms with E-state index in [4.69, 9.17) is 14.1 Å². The van der Waals surface area contributed by atoms with Gasteiger partial charge in [-0.15, -0.1) is 0 Å². The molecule has 1 aromatic heterocycles.